The fourth-order valence-electron chi connectivity index (χ4n) is 5.36. The highest BCUT2D eigenvalue weighted by Crippen LogP contribution is 2.14. The lowest BCUT2D eigenvalue weighted by Crippen LogP contribution is -2.60. The molecule has 0 spiro atoms. The zero-order valence-corrected chi connectivity index (χ0v) is 34.0. The molecule has 6 atom stereocenters. The molecule has 0 aliphatic rings. The van der Waals surface area contributed by atoms with Gasteiger partial charge in [-0.25, -0.2) is 0 Å². The fourth-order valence-corrected chi connectivity index (χ4v) is 5.79. The molecule has 0 heterocycles. The van der Waals surface area contributed by atoms with Gasteiger partial charge in [0.25, 0.3) is 0 Å². The smallest absolute Gasteiger partial charge is 0.243 e. The average molecular weight is 862 g/mol. The van der Waals surface area contributed by atoms with Crippen LogP contribution in [0.15, 0.2) is 58.5 Å². The zero-order chi connectivity index (χ0) is 44.1. The van der Waals surface area contributed by atoms with Crippen molar-refractivity contribution in [3.8, 4) is 11.5 Å². The number of aromatic hydroxyl groups is 2. The van der Waals surface area contributed by atoms with Crippen molar-refractivity contribution in [2.45, 2.75) is 74.8 Å². The average Bonchev–Trinajstić information content (AvgIpc) is 3.19. The van der Waals surface area contributed by atoms with E-state index in [0.717, 1.165) is 0 Å². The number of carbonyl (C=O) groups is 6. The van der Waals surface area contributed by atoms with Gasteiger partial charge >= 0.3 is 0 Å². The predicted octanol–water partition coefficient (Wildman–Crippen LogP) is -3.91. The van der Waals surface area contributed by atoms with Gasteiger partial charge in [-0.3, -0.25) is 38.8 Å². The van der Waals surface area contributed by atoms with E-state index in [-0.39, 0.29) is 86.5 Å². The van der Waals surface area contributed by atoms with Crippen LogP contribution in [0.5, 0.6) is 11.5 Å². The van der Waals surface area contributed by atoms with Crippen LogP contribution in [-0.4, -0.2) is 118 Å². The summed E-state index contributed by atoms with van der Waals surface area (Å²) in [6.07, 6.45) is 0.0676. The lowest BCUT2D eigenvalue weighted by molar-refractivity contribution is -0.135. The van der Waals surface area contributed by atoms with Gasteiger partial charge in [0.1, 0.15) is 41.7 Å². The number of thiol groups is 2. The molecular formula is C36H55N13O8S2. The maximum Gasteiger partial charge on any atom is 0.243 e. The first-order valence-corrected chi connectivity index (χ1v) is 19.7. The summed E-state index contributed by atoms with van der Waals surface area (Å²) in [4.78, 5) is 88.1. The van der Waals surface area contributed by atoms with Gasteiger partial charge in [0.2, 0.25) is 35.4 Å². The Morgan fingerprint density at radius 3 is 1.20 bits per heavy atom. The van der Waals surface area contributed by atoms with E-state index in [1.807, 2.05) is 0 Å². The van der Waals surface area contributed by atoms with Crippen LogP contribution in [0.3, 0.4) is 0 Å². The molecule has 21 nitrogen and oxygen atoms in total. The molecule has 2 aromatic rings. The number of hydrogen-bond acceptors (Lipinski definition) is 13. The van der Waals surface area contributed by atoms with Crippen molar-refractivity contribution in [3.05, 3.63) is 59.7 Å². The Balaban J connectivity index is 2.48. The number of phenols is 2. The number of rotatable bonds is 25. The summed E-state index contributed by atoms with van der Waals surface area (Å²) in [5, 5.41) is 32.5. The van der Waals surface area contributed by atoms with Crippen LogP contribution in [0, 0.1) is 0 Å². The van der Waals surface area contributed by atoms with Gasteiger partial charge in [0.05, 0.1) is 6.04 Å². The molecule has 2 rings (SSSR count). The summed E-state index contributed by atoms with van der Waals surface area (Å²) < 4.78 is 0. The minimum atomic E-state index is -1.35. The molecule has 0 unspecified atom stereocenters. The number of nitrogens with zero attached hydrogens (tertiary/aromatic N) is 2. The molecular weight excluding hydrogens is 807 g/mol. The summed E-state index contributed by atoms with van der Waals surface area (Å²) >= 11 is 8.13. The van der Waals surface area contributed by atoms with E-state index in [4.69, 9.17) is 34.4 Å². The summed E-state index contributed by atoms with van der Waals surface area (Å²) in [5.74, 6) is -5.42. The van der Waals surface area contributed by atoms with Crippen LogP contribution in [0.25, 0.3) is 0 Å². The highest BCUT2D eigenvalue weighted by Gasteiger charge is 2.32. The van der Waals surface area contributed by atoms with Gasteiger partial charge in [-0.05, 0) is 61.1 Å². The number of amides is 6. The minimum absolute atomic E-state index is 0.0231. The Morgan fingerprint density at radius 1 is 0.525 bits per heavy atom. The van der Waals surface area contributed by atoms with Crippen LogP contribution in [-0.2, 0) is 41.6 Å². The van der Waals surface area contributed by atoms with Crippen molar-refractivity contribution >= 4 is 72.6 Å². The Labute approximate surface area is 352 Å². The molecule has 23 heteroatoms. The van der Waals surface area contributed by atoms with Crippen molar-refractivity contribution in [1.82, 2.24) is 26.6 Å². The topological polar surface area (TPSA) is 384 Å². The van der Waals surface area contributed by atoms with E-state index in [1.54, 1.807) is 12.1 Å². The van der Waals surface area contributed by atoms with Gasteiger partial charge in [-0.15, -0.1) is 0 Å². The minimum Gasteiger partial charge on any atom is -0.508 e. The second-order valence-corrected chi connectivity index (χ2v) is 14.0. The van der Waals surface area contributed by atoms with Crippen LogP contribution in [0.1, 0.15) is 36.8 Å². The van der Waals surface area contributed by atoms with E-state index >= 15 is 0 Å². The van der Waals surface area contributed by atoms with Crippen molar-refractivity contribution in [3.63, 3.8) is 0 Å². The maximum atomic E-state index is 14.1. The highest BCUT2D eigenvalue weighted by molar-refractivity contribution is 7.80. The molecule has 0 aromatic heterocycles. The standard InChI is InChI=1S/C36H55N13O8S2/c37-23(17-58)30(53)47-26(15-19-5-9-21(50)10-6-19)33(56)46-24(3-1-13-43-35(39)40)31(54)45-25(4-2-14-44-36(41)42)32(55)48-27(16-20-7-11-22(51)12-8-20)34(57)49-28(18-59)29(38)52/h5-12,23-28,50-51,58-59H,1-4,13-18,37H2,(H2,38,52)(H,45,54)(H,46,56)(H,47,53)(H,48,55)(H,49,57)(H4,39,40,43)(H4,41,42,44)/t23-,24-,25-,26-,27-,28-/m0/s1. The van der Waals surface area contributed by atoms with Crippen LogP contribution >= 0.6 is 25.3 Å². The first-order chi connectivity index (χ1) is 27.9. The Kier molecular flexibility index (Phi) is 21.2. The highest BCUT2D eigenvalue weighted by atomic mass is 32.1. The Bertz CT molecular complexity index is 1780. The first-order valence-electron chi connectivity index (χ1n) is 18.4. The normalized spacial score (nSPS) is 13.8. The molecule has 19 N–H and O–H groups in total. The molecule has 324 valence electrons. The second-order valence-electron chi connectivity index (χ2n) is 13.3. The third-order valence-electron chi connectivity index (χ3n) is 8.55. The van der Waals surface area contributed by atoms with Gasteiger partial charge in [-0.1, -0.05) is 24.3 Å². The number of aliphatic imine (C=N–C) groups is 2. The van der Waals surface area contributed by atoms with Crippen molar-refractivity contribution in [2.24, 2.45) is 44.4 Å². The van der Waals surface area contributed by atoms with Crippen molar-refractivity contribution < 1.29 is 39.0 Å². The maximum absolute atomic E-state index is 14.1. The number of primary amides is 1. The van der Waals surface area contributed by atoms with Crippen LogP contribution in [0.4, 0.5) is 0 Å². The van der Waals surface area contributed by atoms with E-state index in [2.05, 4.69) is 61.8 Å². The van der Waals surface area contributed by atoms with Gasteiger partial charge in [-0.2, -0.15) is 25.3 Å². The summed E-state index contributed by atoms with van der Waals surface area (Å²) in [5.41, 5.74) is 34.2. The summed E-state index contributed by atoms with van der Waals surface area (Å²) in [6, 6.07) is 4.22. The first kappa shape index (κ1) is 49.2. The fraction of sp³-hybridized carbons (Fsp3) is 0.444. The Hall–Kier alpha value is -5.94. The molecule has 0 bridgehead atoms. The zero-order valence-electron chi connectivity index (χ0n) is 32.3. The van der Waals surface area contributed by atoms with Gasteiger partial charge in [0.15, 0.2) is 11.9 Å². The predicted molar refractivity (Wildman–Crippen MR) is 228 cm³/mol. The molecule has 0 radical (unpaired) electrons. The second kappa shape index (κ2) is 25.4. The van der Waals surface area contributed by atoms with E-state index < -0.39 is 71.7 Å². The monoisotopic (exact) mass is 861 g/mol. The van der Waals surface area contributed by atoms with Crippen molar-refractivity contribution in [2.75, 3.05) is 24.6 Å². The lowest BCUT2D eigenvalue weighted by Gasteiger charge is -2.27. The number of nitrogens with one attached hydrogen (secondary N) is 5. The van der Waals surface area contributed by atoms with Gasteiger partial charge in [0, 0.05) is 37.4 Å². The number of nitrogens with two attached hydrogens (primary N) is 6. The Morgan fingerprint density at radius 2 is 0.864 bits per heavy atom. The lowest BCUT2D eigenvalue weighted by atomic mass is 10.0. The molecule has 0 aliphatic carbocycles. The number of carbonyl (C=O) groups excluding carboxylic acids is 6. The van der Waals surface area contributed by atoms with E-state index in [1.165, 1.54) is 36.4 Å². The number of guanidine groups is 2. The van der Waals surface area contributed by atoms with E-state index in [9.17, 15) is 39.0 Å². The van der Waals surface area contributed by atoms with Crippen LogP contribution < -0.4 is 61.0 Å². The SMILES string of the molecule is NC(=O)[C@H](CS)NC(=O)[C@H](Cc1ccc(O)cc1)NC(=O)[C@H](CCCN=C(N)N)NC(=O)[C@H](CCCN=C(N)N)NC(=O)[C@H](Cc1ccc(O)cc1)NC(=O)[C@@H](N)CS. The van der Waals surface area contributed by atoms with E-state index in [0.29, 0.717) is 11.1 Å². The summed E-state index contributed by atoms with van der Waals surface area (Å²) in [7, 11) is 0. The molecule has 2 aromatic carbocycles. The summed E-state index contributed by atoms with van der Waals surface area (Å²) in [6.45, 7) is 0.134. The van der Waals surface area contributed by atoms with Crippen molar-refractivity contribution in [1.29, 1.82) is 0 Å². The molecule has 0 saturated heterocycles. The molecule has 59 heavy (non-hydrogen) atoms. The third-order valence-corrected chi connectivity index (χ3v) is 9.31. The molecule has 0 saturated carbocycles. The van der Waals surface area contributed by atoms with Crippen LogP contribution in [0.2, 0.25) is 0 Å². The molecule has 0 aliphatic heterocycles. The number of phenolic OH excluding ortho intramolecular Hbond substituents is 2. The third kappa shape index (κ3) is 18.5. The number of hydrogen-bond donors (Lipinski definition) is 15. The largest absolute Gasteiger partial charge is 0.508 e. The van der Waals surface area contributed by atoms with Gasteiger partial charge < -0.3 is 71.2 Å². The molecule has 0 fully saturated rings. The molecule has 6 amide bonds. The quantitative estimate of drug-likeness (QED) is 0.0197. The number of benzene rings is 2.